The number of rotatable bonds is 8. The van der Waals surface area contributed by atoms with E-state index in [0.717, 1.165) is 61.3 Å². The molecule has 0 aliphatic rings. The second kappa shape index (κ2) is 15.3. The van der Waals surface area contributed by atoms with Crippen LogP contribution in [0.1, 0.15) is 0 Å². The maximum Gasteiger partial charge on any atom is 0.135 e. The third kappa shape index (κ3) is 6.46. The van der Waals surface area contributed by atoms with E-state index >= 15 is 0 Å². The number of furan rings is 1. The summed E-state index contributed by atoms with van der Waals surface area (Å²) in [5, 5.41) is 4.68. The topological polar surface area (TPSA) is 21.3 Å². The molecule has 2 heterocycles. The van der Waals surface area contributed by atoms with Crippen LogP contribution in [0.25, 0.3) is 93.9 Å². The number of para-hydroxylation sites is 2. The van der Waals surface area contributed by atoms with Crippen LogP contribution in [0.5, 0.6) is 0 Å². The van der Waals surface area contributed by atoms with Crippen LogP contribution in [0.3, 0.4) is 0 Å². The SMILES string of the molecule is c1ccc(-c2ccc(-c3ccc(N(c4ccc(-c5ccccc5)cc4)c4cccc(-c5cccc6c5c5ccccc5n6-c5ccc6oc7ccccc7c6c5)c4)cc3)cc2)cc1. The van der Waals surface area contributed by atoms with Crippen LogP contribution >= 0.6 is 0 Å². The summed E-state index contributed by atoms with van der Waals surface area (Å²) in [6.07, 6.45) is 0. The van der Waals surface area contributed by atoms with E-state index in [1.54, 1.807) is 0 Å². The monoisotopic (exact) mass is 804 g/mol. The van der Waals surface area contributed by atoms with Gasteiger partial charge in [0.1, 0.15) is 11.2 Å². The summed E-state index contributed by atoms with van der Waals surface area (Å²) < 4.78 is 8.63. The van der Waals surface area contributed by atoms with Crippen LogP contribution in [0, 0.1) is 0 Å². The van der Waals surface area contributed by atoms with Crippen molar-refractivity contribution in [2.24, 2.45) is 0 Å². The summed E-state index contributed by atoms with van der Waals surface area (Å²) in [5.41, 5.74) is 18.0. The Morgan fingerprint density at radius 3 is 1.44 bits per heavy atom. The van der Waals surface area contributed by atoms with Crippen LogP contribution in [0.15, 0.2) is 247 Å². The van der Waals surface area contributed by atoms with Crippen molar-refractivity contribution in [2.75, 3.05) is 4.90 Å². The lowest BCUT2D eigenvalue weighted by Crippen LogP contribution is -2.10. The summed E-state index contributed by atoms with van der Waals surface area (Å²) in [5.74, 6) is 0. The first-order valence-electron chi connectivity index (χ1n) is 21.5. The van der Waals surface area contributed by atoms with Gasteiger partial charge in [0.25, 0.3) is 0 Å². The Morgan fingerprint density at radius 2 is 0.794 bits per heavy atom. The van der Waals surface area contributed by atoms with E-state index < -0.39 is 0 Å². The molecule has 0 unspecified atom stereocenters. The van der Waals surface area contributed by atoms with Crippen LogP contribution in [0.2, 0.25) is 0 Å². The Balaban J connectivity index is 0.968. The minimum absolute atomic E-state index is 0.893. The van der Waals surface area contributed by atoms with Gasteiger partial charge in [-0.15, -0.1) is 0 Å². The van der Waals surface area contributed by atoms with Crippen LogP contribution in [0.4, 0.5) is 17.1 Å². The molecule has 0 saturated carbocycles. The van der Waals surface area contributed by atoms with E-state index in [1.165, 1.54) is 49.7 Å². The highest BCUT2D eigenvalue weighted by Gasteiger charge is 2.19. The van der Waals surface area contributed by atoms with Crippen LogP contribution in [-0.4, -0.2) is 4.57 Å². The van der Waals surface area contributed by atoms with E-state index in [-0.39, 0.29) is 0 Å². The van der Waals surface area contributed by atoms with Gasteiger partial charge in [-0.3, -0.25) is 0 Å². The quantitative estimate of drug-likeness (QED) is 0.153. The molecular formula is C60H40N2O. The van der Waals surface area contributed by atoms with Gasteiger partial charge in [-0.1, -0.05) is 170 Å². The van der Waals surface area contributed by atoms with E-state index in [1.807, 2.05) is 12.1 Å². The Hall–Kier alpha value is -8.40. The van der Waals surface area contributed by atoms with Crippen molar-refractivity contribution in [1.82, 2.24) is 4.57 Å². The van der Waals surface area contributed by atoms with Gasteiger partial charge in [-0.25, -0.2) is 0 Å². The molecule has 63 heavy (non-hydrogen) atoms. The first-order valence-corrected chi connectivity index (χ1v) is 21.5. The third-order valence-electron chi connectivity index (χ3n) is 12.4. The zero-order valence-corrected chi connectivity index (χ0v) is 34.4. The summed E-state index contributed by atoms with van der Waals surface area (Å²) in [6.45, 7) is 0. The minimum atomic E-state index is 0.893. The maximum atomic E-state index is 6.23. The van der Waals surface area contributed by atoms with E-state index in [0.29, 0.717) is 0 Å². The number of hydrogen-bond acceptors (Lipinski definition) is 2. The molecule has 2 aromatic heterocycles. The van der Waals surface area contributed by atoms with Gasteiger partial charge in [-0.05, 0) is 117 Å². The van der Waals surface area contributed by atoms with Gasteiger partial charge in [0.15, 0.2) is 0 Å². The van der Waals surface area contributed by atoms with E-state index in [2.05, 4.69) is 240 Å². The molecule has 0 bridgehead atoms. The lowest BCUT2D eigenvalue weighted by atomic mass is 9.98. The lowest BCUT2D eigenvalue weighted by molar-refractivity contribution is 0.669. The van der Waals surface area contributed by atoms with Gasteiger partial charge in [0.2, 0.25) is 0 Å². The molecular weight excluding hydrogens is 765 g/mol. The van der Waals surface area contributed by atoms with Crippen molar-refractivity contribution >= 4 is 60.8 Å². The summed E-state index contributed by atoms with van der Waals surface area (Å²) >= 11 is 0. The van der Waals surface area contributed by atoms with Gasteiger partial charge in [0.05, 0.1) is 11.0 Å². The normalized spacial score (nSPS) is 11.5. The zero-order valence-electron chi connectivity index (χ0n) is 34.4. The largest absolute Gasteiger partial charge is 0.456 e. The second-order valence-corrected chi connectivity index (χ2v) is 16.1. The maximum absolute atomic E-state index is 6.23. The summed E-state index contributed by atoms with van der Waals surface area (Å²) in [4.78, 5) is 2.37. The van der Waals surface area contributed by atoms with E-state index in [4.69, 9.17) is 4.42 Å². The highest BCUT2D eigenvalue weighted by atomic mass is 16.3. The molecule has 12 rings (SSSR count). The number of fused-ring (bicyclic) bond motifs is 6. The molecule has 12 aromatic rings. The summed E-state index contributed by atoms with van der Waals surface area (Å²) in [7, 11) is 0. The number of aromatic nitrogens is 1. The molecule has 0 saturated heterocycles. The van der Waals surface area contributed by atoms with Crippen molar-refractivity contribution in [3.05, 3.63) is 243 Å². The molecule has 0 amide bonds. The van der Waals surface area contributed by atoms with Gasteiger partial charge < -0.3 is 13.9 Å². The molecule has 0 spiro atoms. The fraction of sp³-hybridized carbons (Fsp3) is 0. The smallest absolute Gasteiger partial charge is 0.135 e. The predicted octanol–water partition coefficient (Wildman–Crippen LogP) is 16.8. The highest BCUT2D eigenvalue weighted by Crippen LogP contribution is 2.43. The first kappa shape index (κ1) is 36.5. The number of anilines is 3. The van der Waals surface area contributed by atoms with Gasteiger partial charge in [0, 0.05) is 44.3 Å². The Labute approximate surface area is 366 Å². The molecule has 10 aromatic carbocycles. The highest BCUT2D eigenvalue weighted by molar-refractivity contribution is 6.16. The first-order chi connectivity index (χ1) is 31.2. The Kier molecular flexibility index (Phi) is 8.83. The number of hydrogen-bond donors (Lipinski definition) is 0. The van der Waals surface area contributed by atoms with Gasteiger partial charge >= 0.3 is 0 Å². The standard InChI is InChI=1S/C60H40N2O/c1-3-13-41(14-4-1)43-25-27-44(28-26-43)46-31-35-49(36-32-46)61(48-33-29-45(30-34-48)42-15-5-2-6-16-42)50-18-11-17-47(39-50)52-21-12-23-57-60(52)54-20-7-9-22-56(54)62(57)51-37-38-59-55(40-51)53-19-8-10-24-58(53)63-59/h1-40H. The molecule has 0 aliphatic heterocycles. The molecule has 3 nitrogen and oxygen atoms in total. The number of nitrogens with zero attached hydrogens (tertiary/aromatic N) is 2. The van der Waals surface area contributed by atoms with Crippen molar-refractivity contribution in [3.8, 4) is 50.2 Å². The molecule has 3 heteroatoms. The second-order valence-electron chi connectivity index (χ2n) is 16.1. The summed E-state index contributed by atoms with van der Waals surface area (Å²) in [6, 6.07) is 87.2. The molecule has 0 atom stereocenters. The zero-order chi connectivity index (χ0) is 41.7. The van der Waals surface area contributed by atoms with Crippen molar-refractivity contribution < 1.29 is 4.42 Å². The molecule has 0 fully saturated rings. The van der Waals surface area contributed by atoms with Crippen molar-refractivity contribution in [2.45, 2.75) is 0 Å². The minimum Gasteiger partial charge on any atom is -0.456 e. The van der Waals surface area contributed by atoms with E-state index in [9.17, 15) is 0 Å². The molecule has 0 radical (unpaired) electrons. The lowest BCUT2D eigenvalue weighted by Gasteiger charge is -2.26. The fourth-order valence-electron chi connectivity index (χ4n) is 9.37. The average molecular weight is 805 g/mol. The van der Waals surface area contributed by atoms with Crippen molar-refractivity contribution in [3.63, 3.8) is 0 Å². The van der Waals surface area contributed by atoms with Gasteiger partial charge in [-0.2, -0.15) is 0 Å². The fourth-order valence-corrected chi connectivity index (χ4v) is 9.37. The molecule has 296 valence electrons. The Bertz CT molecular complexity index is 3580. The van der Waals surface area contributed by atoms with Crippen LogP contribution < -0.4 is 4.90 Å². The Morgan fingerprint density at radius 1 is 0.302 bits per heavy atom. The van der Waals surface area contributed by atoms with Crippen molar-refractivity contribution in [1.29, 1.82) is 0 Å². The molecule has 0 N–H and O–H groups in total. The van der Waals surface area contributed by atoms with Crippen LogP contribution in [-0.2, 0) is 0 Å². The predicted molar refractivity (Wildman–Crippen MR) is 264 cm³/mol. The third-order valence-corrected chi connectivity index (χ3v) is 12.4. The number of benzene rings is 10. The molecule has 0 aliphatic carbocycles. The average Bonchev–Trinajstić information content (AvgIpc) is 3.91.